The largest absolute Gasteiger partial charge is 0.507 e. The molecule has 2 aliphatic heterocycles. The third kappa shape index (κ3) is 4.01. The van der Waals surface area contributed by atoms with E-state index in [0.717, 1.165) is 12.8 Å². The molecule has 1 amide bonds. The van der Waals surface area contributed by atoms with Crippen LogP contribution in [0, 0.1) is 0 Å². The van der Waals surface area contributed by atoms with Crippen molar-refractivity contribution in [1.82, 2.24) is 4.90 Å². The summed E-state index contributed by atoms with van der Waals surface area (Å²) in [7, 11) is 3.12. The molecule has 7 nitrogen and oxygen atoms in total. The van der Waals surface area contributed by atoms with Gasteiger partial charge in [-0.25, -0.2) is 0 Å². The number of hydrogen-bond donors (Lipinski definition) is 1. The van der Waals surface area contributed by atoms with Crippen molar-refractivity contribution < 1.29 is 28.9 Å². The van der Waals surface area contributed by atoms with Gasteiger partial charge in [0.2, 0.25) is 0 Å². The summed E-state index contributed by atoms with van der Waals surface area (Å²) in [6.07, 6.45) is 1.63. The van der Waals surface area contributed by atoms with E-state index in [1.54, 1.807) is 62.8 Å². The first kappa shape index (κ1) is 20.9. The number of carbonyl (C=O) groups excluding carboxylic acids is 2. The maximum Gasteiger partial charge on any atom is 0.295 e. The Morgan fingerprint density at radius 1 is 1.03 bits per heavy atom. The summed E-state index contributed by atoms with van der Waals surface area (Å²) in [4.78, 5) is 27.5. The number of aliphatic hydroxyl groups is 1. The zero-order chi connectivity index (χ0) is 22.0. The number of ketones is 1. The third-order valence-electron chi connectivity index (χ3n) is 5.76. The number of nitrogens with zero attached hydrogens (tertiary/aromatic N) is 1. The van der Waals surface area contributed by atoms with Crippen LogP contribution in [-0.4, -0.2) is 55.2 Å². The van der Waals surface area contributed by atoms with Crippen LogP contribution in [0.1, 0.15) is 30.0 Å². The molecule has 2 aromatic rings. The minimum absolute atomic E-state index is 0.0679. The van der Waals surface area contributed by atoms with Gasteiger partial charge in [-0.15, -0.1) is 0 Å². The van der Waals surface area contributed by atoms with Crippen molar-refractivity contribution in [3.05, 3.63) is 65.2 Å². The Hall–Kier alpha value is -3.32. The highest BCUT2D eigenvalue weighted by molar-refractivity contribution is 6.46. The minimum Gasteiger partial charge on any atom is -0.507 e. The molecule has 2 heterocycles. The standard InChI is InChI=1S/C24H25NO6/c1-29-17-9-5-15(6-10-17)21-20(22(26)16-7-11-18(30-2)12-8-16)23(27)24(28)25(21)14-19-4-3-13-31-19/h5-12,19,21,26H,3-4,13-14H2,1-2H3. The molecule has 2 aromatic carbocycles. The van der Waals surface area contributed by atoms with E-state index in [2.05, 4.69) is 0 Å². The lowest BCUT2D eigenvalue weighted by atomic mass is 9.95. The molecule has 2 fully saturated rings. The number of ether oxygens (including phenoxy) is 3. The number of Topliss-reactive ketones (excluding diaryl/α,β-unsaturated/α-hetero) is 1. The zero-order valence-corrected chi connectivity index (χ0v) is 17.5. The quantitative estimate of drug-likeness (QED) is 0.436. The molecule has 0 radical (unpaired) electrons. The van der Waals surface area contributed by atoms with E-state index >= 15 is 0 Å². The Labute approximate surface area is 180 Å². The van der Waals surface area contributed by atoms with Crippen molar-refractivity contribution in [1.29, 1.82) is 0 Å². The molecule has 0 aliphatic carbocycles. The number of benzene rings is 2. The van der Waals surface area contributed by atoms with Crippen LogP contribution in [0.15, 0.2) is 54.1 Å². The molecule has 2 saturated heterocycles. The normalized spacial score (nSPS) is 22.7. The Morgan fingerprint density at radius 3 is 2.19 bits per heavy atom. The van der Waals surface area contributed by atoms with Crippen molar-refractivity contribution in [3.63, 3.8) is 0 Å². The number of amides is 1. The first-order valence-corrected chi connectivity index (χ1v) is 10.2. The van der Waals surface area contributed by atoms with Crippen LogP contribution >= 0.6 is 0 Å². The van der Waals surface area contributed by atoms with Crippen LogP contribution in [0.2, 0.25) is 0 Å². The summed E-state index contributed by atoms with van der Waals surface area (Å²) in [5.74, 6) is -0.257. The van der Waals surface area contributed by atoms with E-state index in [4.69, 9.17) is 14.2 Å². The number of aliphatic hydroxyl groups excluding tert-OH is 1. The van der Waals surface area contributed by atoms with Crippen molar-refractivity contribution in [2.24, 2.45) is 0 Å². The Bertz CT molecular complexity index is 990. The summed E-state index contributed by atoms with van der Waals surface area (Å²) < 4.78 is 16.1. The van der Waals surface area contributed by atoms with Crippen LogP contribution in [0.25, 0.3) is 5.76 Å². The summed E-state index contributed by atoms with van der Waals surface area (Å²) in [5.41, 5.74) is 1.22. The highest BCUT2D eigenvalue weighted by Crippen LogP contribution is 2.40. The van der Waals surface area contributed by atoms with Gasteiger partial charge in [-0.3, -0.25) is 9.59 Å². The average Bonchev–Trinajstić information content (AvgIpc) is 3.41. The number of hydrogen-bond acceptors (Lipinski definition) is 6. The summed E-state index contributed by atoms with van der Waals surface area (Å²) in [6, 6.07) is 13.2. The summed E-state index contributed by atoms with van der Waals surface area (Å²) >= 11 is 0. The van der Waals surface area contributed by atoms with Crippen LogP contribution in [0.5, 0.6) is 11.5 Å². The fraction of sp³-hybridized carbons (Fsp3) is 0.333. The predicted octanol–water partition coefficient (Wildman–Crippen LogP) is 3.30. The van der Waals surface area contributed by atoms with E-state index in [9.17, 15) is 14.7 Å². The van der Waals surface area contributed by atoms with E-state index in [-0.39, 0.29) is 17.4 Å². The molecular formula is C24H25NO6. The molecule has 0 spiro atoms. The fourth-order valence-corrected chi connectivity index (χ4v) is 4.11. The summed E-state index contributed by atoms with van der Waals surface area (Å²) in [6.45, 7) is 0.939. The first-order valence-electron chi connectivity index (χ1n) is 10.2. The molecule has 0 aromatic heterocycles. The Balaban J connectivity index is 1.79. The lowest BCUT2D eigenvalue weighted by molar-refractivity contribution is -0.140. The van der Waals surface area contributed by atoms with Crippen molar-refractivity contribution in [2.45, 2.75) is 25.0 Å². The molecule has 1 N–H and O–H groups in total. The van der Waals surface area contributed by atoms with Crippen LogP contribution in [0.3, 0.4) is 0 Å². The molecule has 31 heavy (non-hydrogen) atoms. The Morgan fingerprint density at radius 2 is 1.65 bits per heavy atom. The molecule has 2 atom stereocenters. The van der Waals surface area contributed by atoms with E-state index in [1.807, 2.05) is 0 Å². The van der Waals surface area contributed by atoms with Gasteiger partial charge < -0.3 is 24.2 Å². The van der Waals surface area contributed by atoms with Gasteiger partial charge in [-0.1, -0.05) is 12.1 Å². The van der Waals surface area contributed by atoms with E-state index in [1.165, 1.54) is 4.90 Å². The van der Waals surface area contributed by atoms with Crippen LogP contribution in [0.4, 0.5) is 0 Å². The topological polar surface area (TPSA) is 85.3 Å². The number of likely N-dealkylation sites (tertiary alicyclic amines) is 1. The third-order valence-corrected chi connectivity index (χ3v) is 5.76. The highest BCUT2D eigenvalue weighted by Gasteiger charge is 2.47. The maximum absolute atomic E-state index is 13.0. The second kappa shape index (κ2) is 8.81. The molecule has 7 heteroatoms. The van der Waals surface area contributed by atoms with Crippen molar-refractivity contribution >= 4 is 17.4 Å². The van der Waals surface area contributed by atoms with Gasteiger partial charge in [0.25, 0.3) is 11.7 Å². The van der Waals surface area contributed by atoms with Crippen LogP contribution in [-0.2, 0) is 14.3 Å². The minimum atomic E-state index is -0.711. The van der Waals surface area contributed by atoms with Crippen LogP contribution < -0.4 is 9.47 Å². The summed E-state index contributed by atoms with van der Waals surface area (Å²) in [5, 5.41) is 11.1. The fourth-order valence-electron chi connectivity index (χ4n) is 4.11. The smallest absolute Gasteiger partial charge is 0.295 e. The molecule has 0 bridgehead atoms. The predicted molar refractivity (Wildman–Crippen MR) is 114 cm³/mol. The number of carbonyl (C=O) groups is 2. The first-order chi connectivity index (χ1) is 15.0. The number of rotatable bonds is 6. The SMILES string of the molecule is COc1ccc(C(O)=C2C(=O)C(=O)N(CC3CCCO3)C2c2ccc(OC)cc2)cc1. The molecule has 2 aliphatic rings. The monoisotopic (exact) mass is 423 g/mol. The molecular weight excluding hydrogens is 398 g/mol. The van der Waals surface area contributed by atoms with Gasteiger partial charge in [0.05, 0.1) is 31.9 Å². The molecule has 2 unspecified atom stereocenters. The maximum atomic E-state index is 13.0. The van der Waals surface area contributed by atoms with Gasteiger partial charge in [-0.05, 0) is 54.8 Å². The second-order valence-electron chi connectivity index (χ2n) is 7.59. The Kier molecular flexibility index (Phi) is 5.95. The lowest BCUT2D eigenvalue weighted by Gasteiger charge is -2.27. The molecule has 162 valence electrons. The zero-order valence-electron chi connectivity index (χ0n) is 17.5. The average molecular weight is 423 g/mol. The van der Waals surface area contributed by atoms with Gasteiger partial charge in [0.15, 0.2) is 0 Å². The van der Waals surface area contributed by atoms with Gasteiger partial charge in [-0.2, -0.15) is 0 Å². The second-order valence-corrected chi connectivity index (χ2v) is 7.59. The lowest BCUT2D eigenvalue weighted by Crippen LogP contribution is -2.36. The highest BCUT2D eigenvalue weighted by atomic mass is 16.5. The van der Waals surface area contributed by atoms with E-state index < -0.39 is 17.7 Å². The van der Waals surface area contributed by atoms with Crippen molar-refractivity contribution in [2.75, 3.05) is 27.4 Å². The van der Waals surface area contributed by atoms with Gasteiger partial charge in [0, 0.05) is 18.7 Å². The molecule has 4 rings (SSSR count). The van der Waals surface area contributed by atoms with Gasteiger partial charge >= 0.3 is 0 Å². The van der Waals surface area contributed by atoms with E-state index in [0.29, 0.717) is 35.8 Å². The van der Waals surface area contributed by atoms with Crippen molar-refractivity contribution in [3.8, 4) is 11.5 Å². The number of methoxy groups -OCH3 is 2. The van der Waals surface area contributed by atoms with Gasteiger partial charge in [0.1, 0.15) is 17.3 Å². The molecule has 0 saturated carbocycles.